The van der Waals surface area contributed by atoms with E-state index in [-0.39, 0.29) is 23.3 Å². The number of piperidine rings is 1. The average molecular weight is 315 g/mol. The molecule has 6 nitrogen and oxygen atoms in total. The van der Waals surface area contributed by atoms with Gasteiger partial charge < -0.3 is 20.3 Å². The third-order valence-corrected chi connectivity index (χ3v) is 5.35. The normalized spacial score (nSPS) is 24.9. The molecule has 1 unspecified atom stereocenters. The summed E-state index contributed by atoms with van der Waals surface area (Å²) in [6.07, 6.45) is 1.99. The summed E-state index contributed by atoms with van der Waals surface area (Å²) in [5.74, 6) is 1.22. The standard InChI is InChI=1S/C14H25N3O3S/c1-11(18)17-10-21-7-12(17)13(19)16-8-14(9-20-2)3-5-15-6-4-14/h12,15H,3-10H2,1-2H3,(H,16,19). The van der Waals surface area contributed by atoms with Crippen LogP contribution in [-0.4, -0.2) is 67.7 Å². The molecule has 0 aliphatic carbocycles. The van der Waals surface area contributed by atoms with Gasteiger partial charge in [-0.1, -0.05) is 0 Å². The summed E-state index contributed by atoms with van der Waals surface area (Å²) in [4.78, 5) is 25.6. The Kier molecular flexibility index (Phi) is 5.89. The molecule has 2 heterocycles. The number of nitrogens with one attached hydrogen (secondary N) is 2. The van der Waals surface area contributed by atoms with Crippen LogP contribution in [0.2, 0.25) is 0 Å². The van der Waals surface area contributed by atoms with Gasteiger partial charge in [0.2, 0.25) is 11.8 Å². The number of amides is 2. The Morgan fingerprint density at radius 2 is 2.14 bits per heavy atom. The molecule has 1 atom stereocenters. The summed E-state index contributed by atoms with van der Waals surface area (Å²) in [5.41, 5.74) is 0.0163. The topological polar surface area (TPSA) is 70.7 Å². The van der Waals surface area contributed by atoms with Crippen LogP contribution in [-0.2, 0) is 14.3 Å². The Hall–Kier alpha value is -0.790. The first-order chi connectivity index (χ1) is 10.1. The Morgan fingerprint density at radius 1 is 1.43 bits per heavy atom. The van der Waals surface area contributed by atoms with Gasteiger partial charge in [0.25, 0.3) is 0 Å². The molecule has 120 valence electrons. The molecule has 0 saturated carbocycles. The number of rotatable bonds is 5. The highest BCUT2D eigenvalue weighted by Crippen LogP contribution is 2.28. The molecule has 0 aromatic carbocycles. The van der Waals surface area contributed by atoms with E-state index >= 15 is 0 Å². The second-order valence-electron chi connectivity index (χ2n) is 5.91. The molecule has 0 radical (unpaired) electrons. The van der Waals surface area contributed by atoms with Crippen molar-refractivity contribution in [2.45, 2.75) is 25.8 Å². The lowest BCUT2D eigenvalue weighted by Gasteiger charge is -2.37. The Morgan fingerprint density at radius 3 is 2.76 bits per heavy atom. The van der Waals surface area contributed by atoms with Crippen LogP contribution in [0, 0.1) is 5.41 Å². The lowest BCUT2D eigenvalue weighted by molar-refractivity contribution is -0.136. The van der Waals surface area contributed by atoms with Gasteiger partial charge in [-0.25, -0.2) is 0 Å². The first-order valence-corrected chi connectivity index (χ1v) is 8.56. The smallest absolute Gasteiger partial charge is 0.243 e. The molecule has 0 bridgehead atoms. The van der Waals surface area contributed by atoms with Crippen LogP contribution < -0.4 is 10.6 Å². The molecule has 0 aromatic rings. The third kappa shape index (κ3) is 4.11. The number of thioether (sulfide) groups is 1. The highest BCUT2D eigenvalue weighted by molar-refractivity contribution is 7.99. The van der Waals surface area contributed by atoms with E-state index in [0.717, 1.165) is 25.9 Å². The van der Waals surface area contributed by atoms with Gasteiger partial charge in [0.15, 0.2) is 0 Å². The number of nitrogens with zero attached hydrogens (tertiary/aromatic N) is 1. The van der Waals surface area contributed by atoms with E-state index in [1.165, 1.54) is 6.92 Å². The molecule has 2 aliphatic rings. The van der Waals surface area contributed by atoms with Crippen molar-refractivity contribution in [2.75, 3.05) is 45.0 Å². The molecule has 2 fully saturated rings. The fourth-order valence-electron chi connectivity index (χ4n) is 3.00. The van der Waals surface area contributed by atoms with E-state index in [9.17, 15) is 9.59 Å². The van der Waals surface area contributed by atoms with Crippen molar-refractivity contribution in [3.63, 3.8) is 0 Å². The van der Waals surface area contributed by atoms with Crippen LogP contribution in [0.15, 0.2) is 0 Å². The second kappa shape index (κ2) is 7.47. The molecule has 2 N–H and O–H groups in total. The molecule has 0 spiro atoms. The lowest BCUT2D eigenvalue weighted by atomic mass is 9.79. The number of methoxy groups -OCH3 is 1. The van der Waals surface area contributed by atoms with E-state index in [4.69, 9.17) is 4.74 Å². The van der Waals surface area contributed by atoms with Crippen molar-refractivity contribution in [3.8, 4) is 0 Å². The van der Waals surface area contributed by atoms with Gasteiger partial charge in [-0.2, -0.15) is 0 Å². The van der Waals surface area contributed by atoms with E-state index < -0.39 is 0 Å². The number of carbonyl (C=O) groups excluding carboxylic acids is 2. The van der Waals surface area contributed by atoms with Gasteiger partial charge >= 0.3 is 0 Å². The summed E-state index contributed by atoms with van der Waals surface area (Å²) >= 11 is 1.63. The average Bonchev–Trinajstić information content (AvgIpc) is 2.96. The molecule has 21 heavy (non-hydrogen) atoms. The predicted molar refractivity (Wildman–Crippen MR) is 83.1 cm³/mol. The molecule has 2 aliphatic heterocycles. The third-order valence-electron chi connectivity index (χ3n) is 4.34. The van der Waals surface area contributed by atoms with Crippen molar-refractivity contribution in [1.82, 2.24) is 15.5 Å². The number of carbonyl (C=O) groups is 2. The van der Waals surface area contributed by atoms with Gasteiger partial charge in [0.1, 0.15) is 6.04 Å². The fourth-order valence-corrected chi connectivity index (χ4v) is 4.22. The van der Waals surface area contributed by atoms with Gasteiger partial charge in [0.05, 0.1) is 12.5 Å². The molecule has 2 saturated heterocycles. The number of ether oxygens (including phenoxy) is 1. The van der Waals surface area contributed by atoms with Gasteiger partial charge in [-0.3, -0.25) is 9.59 Å². The Balaban J connectivity index is 1.91. The zero-order chi connectivity index (χ0) is 15.3. The maximum Gasteiger partial charge on any atom is 0.243 e. The minimum Gasteiger partial charge on any atom is -0.384 e. The van der Waals surface area contributed by atoms with Crippen molar-refractivity contribution < 1.29 is 14.3 Å². The summed E-state index contributed by atoms with van der Waals surface area (Å²) in [6, 6.07) is -0.325. The zero-order valence-electron chi connectivity index (χ0n) is 12.8. The second-order valence-corrected chi connectivity index (χ2v) is 6.91. The van der Waals surface area contributed by atoms with E-state index in [2.05, 4.69) is 10.6 Å². The molecule has 2 rings (SSSR count). The molecule has 0 aromatic heterocycles. The largest absolute Gasteiger partial charge is 0.384 e. The quantitative estimate of drug-likeness (QED) is 0.750. The zero-order valence-corrected chi connectivity index (χ0v) is 13.6. The summed E-state index contributed by atoms with van der Waals surface area (Å²) < 4.78 is 5.35. The highest BCUT2D eigenvalue weighted by Gasteiger charge is 2.36. The lowest BCUT2D eigenvalue weighted by Crippen LogP contribution is -2.52. The van der Waals surface area contributed by atoms with Gasteiger partial charge in [-0.05, 0) is 25.9 Å². The van der Waals surface area contributed by atoms with Crippen LogP contribution in [0.1, 0.15) is 19.8 Å². The molecule has 2 amide bonds. The summed E-state index contributed by atoms with van der Waals surface area (Å²) in [6.45, 7) is 4.71. The number of hydrogen-bond donors (Lipinski definition) is 2. The van der Waals surface area contributed by atoms with E-state index in [0.29, 0.717) is 24.8 Å². The van der Waals surface area contributed by atoms with Crippen molar-refractivity contribution in [2.24, 2.45) is 5.41 Å². The van der Waals surface area contributed by atoms with Crippen LogP contribution in [0.3, 0.4) is 0 Å². The molecular formula is C14H25N3O3S. The highest BCUT2D eigenvalue weighted by atomic mass is 32.2. The monoisotopic (exact) mass is 315 g/mol. The van der Waals surface area contributed by atoms with Crippen molar-refractivity contribution >= 4 is 23.6 Å². The van der Waals surface area contributed by atoms with Gasteiger partial charge in [-0.15, -0.1) is 11.8 Å². The molecular weight excluding hydrogens is 290 g/mol. The van der Waals surface area contributed by atoms with Gasteiger partial charge in [0, 0.05) is 31.7 Å². The minimum atomic E-state index is -0.325. The van der Waals surface area contributed by atoms with Crippen molar-refractivity contribution in [3.05, 3.63) is 0 Å². The van der Waals surface area contributed by atoms with Crippen LogP contribution in [0.5, 0.6) is 0 Å². The van der Waals surface area contributed by atoms with E-state index in [1.807, 2.05) is 0 Å². The van der Waals surface area contributed by atoms with Crippen molar-refractivity contribution in [1.29, 1.82) is 0 Å². The molecule has 7 heteroatoms. The van der Waals surface area contributed by atoms with Crippen LogP contribution in [0.25, 0.3) is 0 Å². The first-order valence-electron chi connectivity index (χ1n) is 7.40. The Bertz CT molecular complexity index is 380. The number of hydrogen-bond acceptors (Lipinski definition) is 5. The van der Waals surface area contributed by atoms with Crippen LogP contribution in [0.4, 0.5) is 0 Å². The Labute approximate surface area is 130 Å². The first kappa shape index (κ1) is 16.6. The summed E-state index contributed by atoms with van der Waals surface area (Å²) in [5, 5.41) is 6.39. The maximum atomic E-state index is 12.4. The van der Waals surface area contributed by atoms with E-state index in [1.54, 1.807) is 23.8 Å². The predicted octanol–water partition coefficient (Wildman–Crippen LogP) is 0.0402. The minimum absolute atomic E-state index is 0.0163. The van der Waals surface area contributed by atoms with Crippen LogP contribution >= 0.6 is 11.8 Å². The summed E-state index contributed by atoms with van der Waals surface area (Å²) in [7, 11) is 1.71. The SMILES string of the molecule is COCC1(CNC(=O)C2CSCN2C(C)=O)CCNCC1. The fraction of sp³-hybridized carbons (Fsp3) is 0.857. The maximum absolute atomic E-state index is 12.4.